The van der Waals surface area contributed by atoms with Gasteiger partial charge < -0.3 is 21.1 Å². The van der Waals surface area contributed by atoms with E-state index in [-0.39, 0.29) is 18.4 Å². The molecule has 0 aliphatic heterocycles. The van der Waals surface area contributed by atoms with E-state index in [1.54, 1.807) is 0 Å². The number of hydrogen-bond acceptors (Lipinski definition) is 8. The molecular weight excluding hydrogens is 450 g/mol. The van der Waals surface area contributed by atoms with Crippen LogP contribution in [0.15, 0.2) is 24.3 Å². The minimum absolute atomic E-state index is 0.143. The fourth-order valence-electron chi connectivity index (χ4n) is 3.63. The molecule has 8 nitrogen and oxygen atoms in total. The lowest BCUT2D eigenvalue weighted by molar-refractivity contribution is -0.260. The van der Waals surface area contributed by atoms with Gasteiger partial charge in [-0.25, -0.2) is 19.4 Å². The molecule has 198 valence electrons. The maximum absolute atomic E-state index is 11.9. The van der Waals surface area contributed by atoms with E-state index in [4.69, 9.17) is 5.73 Å². The Morgan fingerprint density at radius 3 is 2.03 bits per heavy atom. The number of aromatic hydroxyl groups is 3. The minimum atomic E-state index is -1.22. The molecule has 0 heterocycles. The lowest BCUT2D eigenvalue weighted by Crippen LogP contribution is -2.34. The van der Waals surface area contributed by atoms with Gasteiger partial charge in [0.05, 0.1) is 6.42 Å². The molecule has 5 N–H and O–H groups in total. The Hall–Kier alpha value is -2.74. The molecule has 0 aliphatic rings. The van der Waals surface area contributed by atoms with Gasteiger partial charge in [-0.3, -0.25) is 0 Å². The summed E-state index contributed by atoms with van der Waals surface area (Å²) in [6, 6.07) is 1.25. The molecule has 0 aliphatic carbocycles. The van der Waals surface area contributed by atoms with Crippen LogP contribution in [0.2, 0.25) is 0 Å². The first-order chi connectivity index (χ1) is 16.9. The number of unbranched alkanes of at least 4 members (excludes halogenated alkanes) is 11. The molecule has 0 radical (unpaired) electrons. The van der Waals surface area contributed by atoms with Gasteiger partial charge in [0, 0.05) is 12.0 Å². The lowest BCUT2D eigenvalue weighted by atomic mass is 10.0. The molecule has 0 saturated heterocycles. The van der Waals surface area contributed by atoms with Crippen molar-refractivity contribution in [1.29, 1.82) is 0 Å². The molecule has 1 aromatic rings. The highest BCUT2D eigenvalue weighted by Gasteiger charge is 2.22. The number of carbonyl (C=O) groups is 2. The standard InChI is InChI=1S/C27H43NO7/c1-2-3-4-5-6-7-8-9-10-11-12-13-14-15-16-17-24(30)34-35-27(33)22(28)20-21-18-19-23(29)26(32)25(21)31/h9-10,18-19,22,29,31-32H,2-8,11-17,20,28H2,1H3/b10-9-. The molecule has 1 unspecified atom stereocenters. The van der Waals surface area contributed by atoms with Gasteiger partial charge in [0.2, 0.25) is 5.75 Å². The fourth-order valence-corrected chi connectivity index (χ4v) is 3.63. The Bertz CT molecular complexity index is 779. The van der Waals surface area contributed by atoms with Gasteiger partial charge in [0.1, 0.15) is 6.04 Å². The number of hydrogen-bond donors (Lipinski definition) is 4. The Morgan fingerprint density at radius 1 is 0.829 bits per heavy atom. The van der Waals surface area contributed by atoms with Crippen molar-refractivity contribution < 1.29 is 34.7 Å². The predicted molar refractivity (Wildman–Crippen MR) is 135 cm³/mol. The van der Waals surface area contributed by atoms with E-state index in [9.17, 15) is 24.9 Å². The summed E-state index contributed by atoms with van der Waals surface area (Å²) in [7, 11) is 0. The fraction of sp³-hybridized carbons (Fsp3) is 0.630. The van der Waals surface area contributed by atoms with Gasteiger partial charge in [0.15, 0.2) is 11.5 Å². The van der Waals surface area contributed by atoms with Crippen LogP contribution in [-0.4, -0.2) is 33.3 Å². The summed E-state index contributed by atoms with van der Waals surface area (Å²) in [5, 5.41) is 28.6. The summed E-state index contributed by atoms with van der Waals surface area (Å²) >= 11 is 0. The second-order valence-electron chi connectivity index (χ2n) is 8.94. The minimum Gasteiger partial charge on any atom is -0.504 e. The van der Waals surface area contributed by atoms with Crippen LogP contribution in [0.5, 0.6) is 17.2 Å². The zero-order valence-electron chi connectivity index (χ0n) is 21.0. The van der Waals surface area contributed by atoms with Crippen LogP contribution in [0.4, 0.5) is 0 Å². The van der Waals surface area contributed by atoms with Crippen molar-refractivity contribution in [1.82, 2.24) is 0 Å². The Balaban J connectivity index is 2.03. The lowest BCUT2D eigenvalue weighted by Gasteiger charge is -2.12. The highest BCUT2D eigenvalue weighted by molar-refractivity contribution is 5.77. The van der Waals surface area contributed by atoms with E-state index in [2.05, 4.69) is 28.9 Å². The third-order valence-corrected chi connectivity index (χ3v) is 5.82. The largest absolute Gasteiger partial charge is 0.504 e. The predicted octanol–water partition coefficient (Wildman–Crippen LogP) is 5.71. The summed E-state index contributed by atoms with van der Waals surface area (Å²) < 4.78 is 0. The highest BCUT2D eigenvalue weighted by Crippen LogP contribution is 2.37. The summed E-state index contributed by atoms with van der Waals surface area (Å²) in [4.78, 5) is 32.7. The summed E-state index contributed by atoms with van der Waals surface area (Å²) in [5.41, 5.74) is 5.85. The van der Waals surface area contributed by atoms with Crippen LogP contribution in [0.3, 0.4) is 0 Å². The summed E-state index contributed by atoms with van der Waals surface area (Å²) in [6.07, 6.45) is 19.6. The third kappa shape index (κ3) is 13.7. The van der Waals surface area contributed by atoms with Crippen LogP contribution < -0.4 is 5.73 Å². The molecule has 1 rings (SSSR count). The van der Waals surface area contributed by atoms with Crippen LogP contribution in [0, 0.1) is 0 Å². The van der Waals surface area contributed by atoms with E-state index < -0.39 is 35.2 Å². The maximum Gasteiger partial charge on any atom is 0.372 e. The third-order valence-electron chi connectivity index (χ3n) is 5.82. The Morgan fingerprint density at radius 2 is 1.40 bits per heavy atom. The number of phenolic OH excluding ortho intramolecular Hbond substituents is 3. The van der Waals surface area contributed by atoms with Crippen molar-refractivity contribution in [2.45, 2.75) is 109 Å². The molecular formula is C27H43NO7. The number of phenols is 3. The molecule has 0 bridgehead atoms. The van der Waals surface area contributed by atoms with Gasteiger partial charge in [-0.15, -0.1) is 0 Å². The normalized spacial score (nSPS) is 12.1. The van der Waals surface area contributed by atoms with Crippen molar-refractivity contribution in [3.8, 4) is 17.2 Å². The zero-order valence-corrected chi connectivity index (χ0v) is 21.0. The topological polar surface area (TPSA) is 139 Å². The van der Waals surface area contributed by atoms with Crippen molar-refractivity contribution >= 4 is 11.9 Å². The summed E-state index contributed by atoms with van der Waals surface area (Å²) in [5.74, 6) is -3.39. The number of benzene rings is 1. The maximum atomic E-state index is 11.9. The van der Waals surface area contributed by atoms with E-state index in [1.807, 2.05) is 0 Å². The van der Waals surface area contributed by atoms with Gasteiger partial charge in [-0.1, -0.05) is 76.5 Å². The number of allylic oxidation sites excluding steroid dienone is 2. The van der Waals surface area contributed by atoms with Crippen LogP contribution >= 0.6 is 0 Å². The molecule has 8 heteroatoms. The first kappa shape index (κ1) is 30.3. The number of carbonyl (C=O) groups excluding carboxylic acids is 2. The van der Waals surface area contributed by atoms with E-state index in [0.29, 0.717) is 6.42 Å². The monoisotopic (exact) mass is 493 g/mol. The zero-order chi connectivity index (χ0) is 25.9. The molecule has 35 heavy (non-hydrogen) atoms. The second-order valence-corrected chi connectivity index (χ2v) is 8.94. The van der Waals surface area contributed by atoms with E-state index >= 15 is 0 Å². The number of nitrogens with two attached hydrogens (primary N) is 1. The van der Waals surface area contributed by atoms with E-state index in [1.165, 1.54) is 51.0 Å². The number of rotatable bonds is 18. The van der Waals surface area contributed by atoms with Crippen molar-refractivity contribution in [3.63, 3.8) is 0 Å². The van der Waals surface area contributed by atoms with Crippen LogP contribution in [-0.2, 0) is 25.8 Å². The van der Waals surface area contributed by atoms with Crippen molar-refractivity contribution in [2.75, 3.05) is 0 Å². The summed E-state index contributed by atoms with van der Waals surface area (Å²) in [6.45, 7) is 2.24. The second kappa shape index (κ2) is 18.6. The average Bonchev–Trinajstić information content (AvgIpc) is 2.85. The van der Waals surface area contributed by atoms with Crippen LogP contribution in [0.25, 0.3) is 0 Å². The van der Waals surface area contributed by atoms with Crippen molar-refractivity contribution in [3.05, 3.63) is 29.8 Å². The SMILES string of the molecule is CCCCCCCC/C=C\CCCCCCCC(=O)OOC(=O)C(N)Cc1ccc(O)c(O)c1O. The molecule has 1 atom stereocenters. The molecule has 0 saturated carbocycles. The van der Waals surface area contributed by atoms with E-state index in [0.717, 1.165) is 38.2 Å². The average molecular weight is 494 g/mol. The quantitative estimate of drug-likeness (QED) is 0.0670. The van der Waals surface area contributed by atoms with Gasteiger partial charge in [-0.2, -0.15) is 0 Å². The molecule has 0 fully saturated rings. The molecule has 0 spiro atoms. The molecule has 0 aromatic heterocycles. The van der Waals surface area contributed by atoms with Gasteiger partial charge in [-0.05, 0) is 38.2 Å². The van der Waals surface area contributed by atoms with Crippen LogP contribution in [0.1, 0.15) is 102 Å². The highest BCUT2D eigenvalue weighted by atomic mass is 17.2. The van der Waals surface area contributed by atoms with Gasteiger partial charge in [0.25, 0.3) is 0 Å². The van der Waals surface area contributed by atoms with Gasteiger partial charge >= 0.3 is 11.9 Å². The Labute approximate surface area is 209 Å². The molecule has 1 aromatic carbocycles. The first-order valence-corrected chi connectivity index (χ1v) is 12.9. The van der Waals surface area contributed by atoms with Crippen molar-refractivity contribution in [2.24, 2.45) is 5.73 Å². The first-order valence-electron chi connectivity index (χ1n) is 12.9. The Kier molecular flexibility index (Phi) is 16.1. The smallest absolute Gasteiger partial charge is 0.372 e. The molecule has 0 amide bonds.